The maximum absolute atomic E-state index is 2.32. The van der Waals surface area contributed by atoms with Gasteiger partial charge in [-0.3, -0.25) is 0 Å². The third kappa shape index (κ3) is 2.97. The van der Waals surface area contributed by atoms with E-state index in [0.717, 1.165) is 5.92 Å². The van der Waals surface area contributed by atoms with Gasteiger partial charge in [0.1, 0.15) is 0 Å². The van der Waals surface area contributed by atoms with Crippen molar-refractivity contribution in [3.63, 3.8) is 0 Å². The Hall–Kier alpha value is -1.56. The first-order valence-corrected chi connectivity index (χ1v) is 6.44. The molecule has 0 fully saturated rings. The summed E-state index contributed by atoms with van der Waals surface area (Å²) < 4.78 is 0. The van der Waals surface area contributed by atoms with Gasteiger partial charge in [-0.25, -0.2) is 0 Å². The largest absolute Gasteiger partial charge is 0.0651 e. The molecule has 0 amide bonds. The topological polar surface area (TPSA) is 0 Å². The summed E-state index contributed by atoms with van der Waals surface area (Å²) >= 11 is 0. The molecule has 2 rings (SSSR count). The third-order valence-corrected chi connectivity index (χ3v) is 3.37. The molecule has 0 aliphatic rings. The standard InChI is InChI=1S/C17H20/c1-3-14(2)13-16-11-7-8-12-17(16)15-9-5-4-6-10-15/h4-12,14H,3,13H2,1-2H3. The minimum Gasteiger partial charge on any atom is -0.0651 e. The fraction of sp³-hybridized carbons (Fsp3) is 0.294. The Bertz CT molecular complexity index is 456. The van der Waals surface area contributed by atoms with Crippen molar-refractivity contribution in [2.45, 2.75) is 26.7 Å². The molecule has 0 N–H and O–H groups in total. The summed E-state index contributed by atoms with van der Waals surface area (Å²) in [6.07, 6.45) is 2.41. The highest BCUT2D eigenvalue weighted by Crippen LogP contribution is 2.25. The molecule has 0 bridgehead atoms. The van der Waals surface area contributed by atoms with Gasteiger partial charge in [0, 0.05) is 0 Å². The van der Waals surface area contributed by atoms with Gasteiger partial charge in [-0.05, 0) is 29.0 Å². The number of benzene rings is 2. The maximum Gasteiger partial charge on any atom is -0.0152 e. The van der Waals surface area contributed by atoms with Gasteiger partial charge >= 0.3 is 0 Å². The molecule has 1 unspecified atom stereocenters. The Balaban J connectivity index is 2.34. The summed E-state index contributed by atoms with van der Waals surface area (Å²) in [6, 6.07) is 19.4. The second kappa shape index (κ2) is 5.67. The van der Waals surface area contributed by atoms with E-state index in [1.54, 1.807) is 0 Å². The van der Waals surface area contributed by atoms with Crippen LogP contribution in [0, 0.1) is 5.92 Å². The fourth-order valence-electron chi connectivity index (χ4n) is 2.12. The zero-order chi connectivity index (χ0) is 12.1. The first-order valence-electron chi connectivity index (χ1n) is 6.44. The summed E-state index contributed by atoms with van der Waals surface area (Å²) in [6.45, 7) is 4.58. The summed E-state index contributed by atoms with van der Waals surface area (Å²) in [7, 11) is 0. The zero-order valence-corrected chi connectivity index (χ0v) is 10.7. The van der Waals surface area contributed by atoms with Gasteiger partial charge < -0.3 is 0 Å². The Morgan fingerprint density at radius 3 is 2.24 bits per heavy atom. The average molecular weight is 224 g/mol. The summed E-state index contributed by atoms with van der Waals surface area (Å²) in [5, 5.41) is 0. The van der Waals surface area contributed by atoms with Gasteiger partial charge in [-0.1, -0.05) is 74.9 Å². The van der Waals surface area contributed by atoms with Gasteiger partial charge in [0.15, 0.2) is 0 Å². The van der Waals surface area contributed by atoms with Gasteiger partial charge in [-0.15, -0.1) is 0 Å². The van der Waals surface area contributed by atoms with Crippen LogP contribution in [0.15, 0.2) is 54.6 Å². The average Bonchev–Trinajstić information content (AvgIpc) is 2.40. The molecule has 0 saturated heterocycles. The molecule has 0 aromatic heterocycles. The highest BCUT2D eigenvalue weighted by Gasteiger charge is 2.07. The summed E-state index contributed by atoms with van der Waals surface area (Å²) in [5.41, 5.74) is 4.17. The zero-order valence-electron chi connectivity index (χ0n) is 10.7. The molecule has 0 saturated carbocycles. The molecule has 0 radical (unpaired) electrons. The quantitative estimate of drug-likeness (QED) is 0.690. The lowest BCUT2D eigenvalue weighted by molar-refractivity contribution is 0.561. The van der Waals surface area contributed by atoms with Crippen molar-refractivity contribution in [2.24, 2.45) is 5.92 Å². The van der Waals surface area contributed by atoms with Gasteiger partial charge in [0.25, 0.3) is 0 Å². The van der Waals surface area contributed by atoms with Crippen LogP contribution in [-0.2, 0) is 6.42 Å². The predicted molar refractivity (Wildman–Crippen MR) is 75.0 cm³/mol. The van der Waals surface area contributed by atoms with Gasteiger partial charge in [-0.2, -0.15) is 0 Å². The van der Waals surface area contributed by atoms with E-state index < -0.39 is 0 Å². The Kier molecular flexibility index (Phi) is 3.98. The van der Waals surface area contributed by atoms with Crippen LogP contribution in [0.1, 0.15) is 25.8 Å². The lowest BCUT2D eigenvalue weighted by Crippen LogP contribution is -1.99. The fourth-order valence-corrected chi connectivity index (χ4v) is 2.12. The number of hydrogen-bond donors (Lipinski definition) is 0. The van der Waals surface area contributed by atoms with Crippen LogP contribution in [0.3, 0.4) is 0 Å². The highest BCUT2D eigenvalue weighted by atomic mass is 14.1. The van der Waals surface area contributed by atoms with Crippen LogP contribution < -0.4 is 0 Å². The second-order valence-corrected chi connectivity index (χ2v) is 4.74. The van der Waals surface area contributed by atoms with Crippen LogP contribution in [0.25, 0.3) is 11.1 Å². The van der Waals surface area contributed by atoms with Crippen molar-refractivity contribution >= 4 is 0 Å². The Labute approximate surface area is 104 Å². The van der Waals surface area contributed by atoms with Crippen LogP contribution in [0.4, 0.5) is 0 Å². The molecular weight excluding hydrogens is 204 g/mol. The minimum atomic E-state index is 0.750. The molecule has 0 aliphatic heterocycles. The van der Waals surface area contributed by atoms with E-state index in [-0.39, 0.29) is 0 Å². The number of rotatable bonds is 4. The molecule has 17 heavy (non-hydrogen) atoms. The van der Waals surface area contributed by atoms with Crippen LogP contribution in [-0.4, -0.2) is 0 Å². The van der Waals surface area contributed by atoms with Crippen LogP contribution in [0.5, 0.6) is 0 Å². The molecule has 88 valence electrons. The lowest BCUT2D eigenvalue weighted by atomic mass is 9.92. The SMILES string of the molecule is CCC(C)Cc1ccccc1-c1ccccc1. The first-order chi connectivity index (χ1) is 8.31. The lowest BCUT2D eigenvalue weighted by Gasteiger charge is -2.13. The minimum absolute atomic E-state index is 0.750. The highest BCUT2D eigenvalue weighted by molar-refractivity contribution is 5.67. The molecule has 0 nitrogen and oxygen atoms in total. The first kappa shape index (κ1) is 11.9. The third-order valence-electron chi connectivity index (χ3n) is 3.37. The van der Waals surface area contributed by atoms with Crippen molar-refractivity contribution in [1.82, 2.24) is 0 Å². The van der Waals surface area contributed by atoms with E-state index in [1.165, 1.54) is 29.5 Å². The van der Waals surface area contributed by atoms with Crippen LogP contribution >= 0.6 is 0 Å². The van der Waals surface area contributed by atoms with E-state index in [9.17, 15) is 0 Å². The van der Waals surface area contributed by atoms with Crippen molar-refractivity contribution in [3.8, 4) is 11.1 Å². The molecule has 0 heteroatoms. The predicted octanol–water partition coefficient (Wildman–Crippen LogP) is 4.94. The molecule has 0 spiro atoms. The van der Waals surface area contributed by atoms with Crippen molar-refractivity contribution < 1.29 is 0 Å². The Morgan fingerprint density at radius 1 is 0.882 bits per heavy atom. The smallest absolute Gasteiger partial charge is 0.0152 e. The van der Waals surface area contributed by atoms with E-state index >= 15 is 0 Å². The van der Waals surface area contributed by atoms with E-state index in [1.807, 2.05) is 0 Å². The number of hydrogen-bond acceptors (Lipinski definition) is 0. The van der Waals surface area contributed by atoms with E-state index in [2.05, 4.69) is 68.4 Å². The molecule has 2 aromatic rings. The van der Waals surface area contributed by atoms with Crippen molar-refractivity contribution in [2.75, 3.05) is 0 Å². The van der Waals surface area contributed by atoms with Crippen molar-refractivity contribution in [3.05, 3.63) is 60.2 Å². The maximum atomic E-state index is 2.32. The summed E-state index contributed by atoms with van der Waals surface area (Å²) in [5.74, 6) is 0.750. The van der Waals surface area contributed by atoms with E-state index in [0.29, 0.717) is 0 Å². The van der Waals surface area contributed by atoms with Crippen LogP contribution in [0.2, 0.25) is 0 Å². The molecule has 1 atom stereocenters. The molecular formula is C17H20. The van der Waals surface area contributed by atoms with Gasteiger partial charge in [0.05, 0.1) is 0 Å². The van der Waals surface area contributed by atoms with Crippen molar-refractivity contribution in [1.29, 1.82) is 0 Å². The van der Waals surface area contributed by atoms with E-state index in [4.69, 9.17) is 0 Å². The van der Waals surface area contributed by atoms with Gasteiger partial charge in [0.2, 0.25) is 0 Å². The molecule has 0 heterocycles. The molecule has 2 aromatic carbocycles. The molecule has 0 aliphatic carbocycles. The monoisotopic (exact) mass is 224 g/mol. The Morgan fingerprint density at radius 2 is 1.53 bits per heavy atom. The second-order valence-electron chi connectivity index (χ2n) is 4.74. The normalized spacial score (nSPS) is 12.4. The summed E-state index contributed by atoms with van der Waals surface area (Å²) in [4.78, 5) is 0.